The van der Waals surface area contributed by atoms with Crippen LogP contribution in [0.15, 0.2) is 0 Å². The quantitative estimate of drug-likeness (QED) is 0.562. The molecule has 1 aliphatic rings. The third-order valence-electron chi connectivity index (χ3n) is 2.02. The lowest BCUT2D eigenvalue weighted by atomic mass is 10.2. The summed E-state index contributed by atoms with van der Waals surface area (Å²) < 4.78 is 20.5. The molecule has 0 aromatic carbocycles. The Morgan fingerprint density at radius 3 is 2.36 bits per heavy atom. The molecule has 0 saturated carbocycles. The van der Waals surface area contributed by atoms with Gasteiger partial charge in [-0.2, -0.15) is 0 Å². The van der Waals surface area contributed by atoms with Gasteiger partial charge in [-0.05, 0) is 6.92 Å². The number of ether oxygens (including phenoxy) is 4. The summed E-state index contributed by atoms with van der Waals surface area (Å²) in [6, 6.07) is 0. The molecular formula is C7H14O4. The Balaban J connectivity index is 2.52. The molecule has 1 aliphatic heterocycles. The number of hydrogen-bond donors (Lipinski definition) is 0. The number of hydrogen-bond acceptors (Lipinski definition) is 4. The fourth-order valence-electron chi connectivity index (χ4n) is 0.982. The van der Waals surface area contributed by atoms with Crippen molar-refractivity contribution in [3.8, 4) is 0 Å². The molecular weight excluding hydrogens is 148 g/mol. The minimum Gasteiger partial charge on any atom is -0.352 e. The standard InChI is InChI=1S/C7H14O4/c1-7(8-2,9-3)6-4-10-5-11-6/h6H,4-5H2,1-3H3. The minimum atomic E-state index is -0.684. The summed E-state index contributed by atoms with van der Waals surface area (Å²) in [6.07, 6.45) is -0.127. The zero-order valence-electron chi connectivity index (χ0n) is 7.12. The summed E-state index contributed by atoms with van der Waals surface area (Å²) in [5, 5.41) is 0. The van der Waals surface area contributed by atoms with E-state index in [9.17, 15) is 0 Å². The maximum absolute atomic E-state index is 5.23. The van der Waals surface area contributed by atoms with Gasteiger partial charge in [0.05, 0.1) is 6.61 Å². The first-order chi connectivity index (χ1) is 5.23. The molecule has 0 aromatic rings. The third kappa shape index (κ3) is 1.70. The van der Waals surface area contributed by atoms with Gasteiger partial charge in [-0.1, -0.05) is 0 Å². The van der Waals surface area contributed by atoms with Gasteiger partial charge in [-0.15, -0.1) is 0 Å². The van der Waals surface area contributed by atoms with E-state index in [2.05, 4.69) is 0 Å². The average Bonchev–Trinajstić information content (AvgIpc) is 2.55. The molecule has 0 amide bonds. The molecule has 1 rings (SSSR count). The van der Waals surface area contributed by atoms with Gasteiger partial charge in [0.15, 0.2) is 5.79 Å². The summed E-state index contributed by atoms with van der Waals surface area (Å²) in [4.78, 5) is 0. The molecule has 1 atom stereocenters. The molecule has 0 spiro atoms. The van der Waals surface area contributed by atoms with Gasteiger partial charge < -0.3 is 18.9 Å². The molecule has 11 heavy (non-hydrogen) atoms. The summed E-state index contributed by atoms with van der Waals surface area (Å²) in [5.74, 6) is -0.684. The molecule has 1 fully saturated rings. The van der Waals surface area contributed by atoms with E-state index in [1.165, 1.54) is 0 Å². The highest BCUT2D eigenvalue weighted by Gasteiger charge is 2.38. The predicted molar refractivity (Wildman–Crippen MR) is 38.1 cm³/mol. The molecule has 4 heteroatoms. The highest BCUT2D eigenvalue weighted by Crippen LogP contribution is 2.22. The van der Waals surface area contributed by atoms with Crippen molar-refractivity contribution < 1.29 is 18.9 Å². The molecule has 0 aliphatic carbocycles. The highest BCUT2D eigenvalue weighted by atomic mass is 16.8. The van der Waals surface area contributed by atoms with Gasteiger partial charge >= 0.3 is 0 Å². The lowest BCUT2D eigenvalue weighted by molar-refractivity contribution is -0.245. The maximum Gasteiger partial charge on any atom is 0.193 e. The van der Waals surface area contributed by atoms with E-state index in [1.807, 2.05) is 6.92 Å². The molecule has 0 radical (unpaired) electrons. The van der Waals surface area contributed by atoms with Crippen molar-refractivity contribution in [3.63, 3.8) is 0 Å². The van der Waals surface area contributed by atoms with Gasteiger partial charge in [0.1, 0.15) is 12.9 Å². The monoisotopic (exact) mass is 162 g/mol. The van der Waals surface area contributed by atoms with Gasteiger partial charge in [0, 0.05) is 14.2 Å². The lowest BCUT2D eigenvalue weighted by Gasteiger charge is -2.30. The van der Waals surface area contributed by atoms with Crippen molar-refractivity contribution in [2.75, 3.05) is 27.6 Å². The SMILES string of the molecule is COC(C)(OC)C1COCO1. The Bertz CT molecular complexity index is 116. The molecule has 1 saturated heterocycles. The van der Waals surface area contributed by atoms with Crippen molar-refractivity contribution >= 4 is 0 Å². The largest absolute Gasteiger partial charge is 0.352 e. The molecule has 1 heterocycles. The second-order valence-corrected chi connectivity index (χ2v) is 2.57. The van der Waals surface area contributed by atoms with Crippen LogP contribution in [-0.2, 0) is 18.9 Å². The zero-order chi connectivity index (χ0) is 8.32. The zero-order valence-corrected chi connectivity index (χ0v) is 7.12. The van der Waals surface area contributed by atoms with Gasteiger partial charge in [0.2, 0.25) is 0 Å². The summed E-state index contributed by atoms with van der Waals surface area (Å²) in [5.41, 5.74) is 0. The van der Waals surface area contributed by atoms with Crippen LogP contribution in [0.25, 0.3) is 0 Å². The lowest BCUT2D eigenvalue weighted by Crippen LogP contribution is -2.44. The van der Waals surface area contributed by atoms with Gasteiger partial charge in [0.25, 0.3) is 0 Å². The van der Waals surface area contributed by atoms with Crippen LogP contribution in [0.1, 0.15) is 6.92 Å². The number of rotatable bonds is 3. The van der Waals surface area contributed by atoms with E-state index in [4.69, 9.17) is 18.9 Å². The van der Waals surface area contributed by atoms with E-state index in [0.29, 0.717) is 13.4 Å². The summed E-state index contributed by atoms with van der Waals surface area (Å²) in [6.45, 7) is 2.68. The first-order valence-electron chi connectivity index (χ1n) is 3.52. The van der Waals surface area contributed by atoms with Crippen LogP contribution in [0.3, 0.4) is 0 Å². The van der Waals surface area contributed by atoms with Crippen LogP contribution in [0.2, 0.25) is 0 Å². The second kappa shape index (κ2) is 3.49. The van der Waals surface area contributed by atoms with Crippen LogP contribution in [0, 0.1) is 0 Å². The average molecular weight is 162 g/mol. The Morgan fingerprint density at radius 2 is 2.00 bits per heavy atom. The minimum absolute atomic E-state index is 0.127. The van der Waals surface area contributed by atoms with Gasteiger partial charge in [-0.25, -0.2) is 0 Å². The Morgan fingerprint density at radius 1 is 1.36 bits per heavy atom. The van der Waals surface area contributed by atoms with Crippen LogP contribution in [-0.4, -0.2) is 39.5 Å². The van der Waals surface area contributed by atoms with Crippen molar-refractivity contribution in [1.29, 1.82) is 0 Å². The van der Waals surface area contributed by atoms with Gasteiger partial charge in [-0.3, -0.25) is 0 Å². The van der Waals surface area contributed by atoms with Crippen molar-refractivity contribution in [2.24, 2.45) is 0 Å². The first kappa shape index (κ1) is 8.93. The van der Waals surface area contributed by atoms with Crippen molar-refractivity contribution in [2.45, 2.75) is 18.8 Å². The molecule has 0 aromatic heterocycles. The molecule has 1 unspecified atom stereocenters. The van der Waals surface area contributed by atoms with Crippen LogP contribution in [0.5, 0.6) is 0 Å². The summed E-state index contributed by atoms with van der Waals surface area (Å²) in [7, 11) is 3.18. The van der Waals surface area contributed by atoms with E-state index in [-0.39, 0.29) is 6.10 Å². The van der Waals surface area contributed by atoms with E-state index < -0.39 is 5.79 Å². The number of methoxy groups -OCH3 is 2. The van der Waals surface area contributed by atoms with E-state index >= 15 is 0 Å². The second-order valence-electron chi connectivity index (χ2n) is 2.57. The van der Waals surface area contributed by atoms with Crippen LogP contribution in [0.4, 0.5) is 0 Å². The van der Waals surface area contributed by atoms with Crippen molar-refractivity contribution in [1.82, 2.24) is 0 Å². The fourth-order valence-corrected chi connectivity index (χ4v) is 0.982. The Labute approximate surface area is 66.4 Å². The van der Waals surface area contributed by atoms with E-state index in [0.717, 1.165) is 0 Å². The fraction of sp³-hybridized carbons (Fsp3) is 1.00. The summed E-state index contributed by atoms with van der Waals surface area (Å²) >= 11 is 0. The molecule has 4 nitrogen and oxygen atoms in total. The van der Waals surface area contributed by atoms with Crippen molar-refractivity contribution in [3.05, 3.63) is 0 Å². The molecule has 0 N–H and O–H groups in total. The topological polar surface area (TPSA) is 36.9 Å². The molecule has 0 bridgehead atoms. The smallest absolute Gasteiger partial charge is 0.193 e. The Kier molecular flexibility index (Phi) is 2.84. The third-order valence-corrected chi connectivity index (χ3v) is 2.02. The normalized spacial score (nSPS) is 25.9. The highest BCUT2D eigenvalue weighted by molar-refractivity contribution is 4.76. The Hall–Kier alpha value is -0.160. The first-order valence-corrected chi connectivity index (χ1v) is 3.52. The van der Waals surface area contributed by atoms with Crippen LogP contribution < -0.4 is 0 Å². The van der Waals surface area contributed by atoms with Crippen LogP contribution >= 0.6 is 0 Å². The van der Waals surface area contributed by atoms with E-state index in [1.54, 1.807) is 14.2 Å². The predicted octanol–water partition coefficient (Wildman–Crippen LogP) is 0.368. The maximum atomic E-state index is 5.23. The molecule has 66 valence electrons.